The normalized spacial score (nSPS) is 19.5. The summed E-state index contributed by atoms with van der Waals surface area (Å²) >= 11 is 3.89. The van der Waals surface area contributed by atoms with Crippen LogP contribution in [0.5, 0.6) is 5.75 Å². The number of hydrogen-bond acceptors (Lipinski definition) is 8. The van der Waals surface area contributed by atoms with Crippen molar-refractivity contribution in [3.8, 4) is 5.75 Å². The molecule has 0 bridgehead atoms. The van der Waals surface area contributed by atoms with Crippen LogP contribution in [0.2, 0.25) is 0 Å². The fourth-order valence-corrected chi connectivity index (χ4v) is 5.11. The van der Waals surface area contributed by atoms with Crippen molar-refractivity contribution in [3.05, 3.63) is 51.6 Å². The number of Topliss-reactive ketones (excluding diaryl/α,β-unsaturated/α-hetero) is 1. The molecule has 1 aromatic carbocycles. The maximum Gasteiger partial charge on any atom is 0.336 e. The van der Waals surface area contributed by atoms with Gasteiger partial charge in [-0.1, -0.05) is 0 Å². The lowest BCUT2D eigenvalue weighted by atomic mass is 10.1. The first-order chi connectivity index (χ1) is 13.7. The third kappa shape index (κ3) is 4.46. The number of nitrogens with one attached hydrogen (secondary N) is 2. The Morgan fingerprint density at radius 3 is 2.32 bits per heavy atom. The number of ether oxygens (including phenoxy) is 1. The van der Waals surface area contributed by atoms with Gasteiger partial charge in [0.2, 0.25) is 5.78 Å². The average molecular weight is 419 g/mol. The van der Waals surface area contributed by atoms with Gasteiger partial charge in [-0.2, -0.15) is 23.5 Å². The van der Waals surface area contributed by atoms with E-state index in [-0.39, 0.29) is 5.78 Å². The molecule has 0 saturated carbocycles. The molecule has 1 fully saturated rings. The van der Waals surface area contributed by atoms with Crippen molar-refractivity contribution in [1.29, 1.82) is 0 Å². The van der Waals surface area contributed by atoms with Crippen LogP contribution in [-0.4, -0.2) is 55.0 Å². The van der Waals surface area contributed by atoms with Crippen molar-refractivity contribution < 1.29 is 13.9 Å². The van der Waals surface area contributed by atoms with Gasteiger partial charge in [-0.25, -0.2) is 4.79 Å². The third-order valence-electron chi connectivity index (χ3n) is 4.60. The smallest absolute Gasteiger partial charge is 0.336 e. The first-order valence-electron chi connectivity index (χ1n) is 9.32. The van der Waals surface area contributed by atoms with E-state index in [0.29, 0.717) is 41.1 Å². The molecule has 0 unspecified atom stereocenters. The first-order valence-corrected chi connectivity index (χ1v) is 11.6. The Balaban J connectivity index is 1.60. The molecule has 0 aliphatic carbocycles. The van der Waals surface area contributed by atoms with Gasteiger partial charge in [0.25, 0.3) is 0 Å². The molecule has 2 aliphatic heterocycles. The summed E-state index contributed by atoms with van der Waals surface area (Å²) in [5.41, 5.74) is 1.43. The molecule has 2 aliphatic rings. The van der Waals surface area contributed by atoms with E-state index < -0.39 is 5.63 Å². The minimum Gasteiger partial charge on any atom is -0.452 e. The largest absolute Gasteiger partial charge is 0.452 e. The topological polar surface area (TPSA) is 80.6 Å². The van der Waals surface area contributed by atoms with Crippen molar-refractivity contribution >= 4 is 40.3 Å². The van der Waals surface area contributed by atoms with Crippen LogP contribution in [-0.2, 0) is 0 Å². The molecule has 4 rings (SSSR count). The van der Waals surface area contributed by atoms with Crippen LogP contribution in [0.1, 0.15) is 10.4 Å². The molecule has 2 N–H and O–H groups in total. The van der Waals surface area contributed by atoms with Crippen LogP contribution in [0, 0.1) is 0 Å². The zero-order valence-corrected chi connectivity index (χ0v) is 17.0. The molecule has 1 saturated heterocycles. The lowest BCUT2D eigenvalue weighted by Crippen LogP contribution is -2.29. The Morgan fingerprint density at radius 2 is 1.61 bits per heavy atom. The van der Waals surface area contributed by atoms with Crippen molar-refractivity contribution in [1.82, 2.24) is 10.6 Å². The fourth-order valence-electron chi connectivity index (χ4n) is 3.18. The number of rotatable bonds is 0. The van der Waals surface area contributed by atoms with Crippen molar-refractivity contribution in [3.63, 3.8) is 0 Å². The Labute approximate surface area is 171 Å². The van der Waals surface area contributed by atoms with Gasteiger partial charge in [0.1, 0.15) is 11.3 Å². The minimum absolute atomic E-state index is 0.116. The van der Waals surface area contributed by atoms with E-state index in [1.165, 1.54) is 17.6 Å². The maximum atomic E-state index is 13.0. The van der Waals surface area contributed by atoms with Crippen LogP contribution >= 0.6 is 23.5 Å². The molecular weight excluding hydrogens is 396 g/mol. The summed E-state index contributed by atoms with van der Waals surface area (Å²) in [5.74, 6) is 5.15. The van der Waals surface area contributed by atoms with E-state index in [4.69, 9.17) is 9.15 Å². The number of hydrogen-bond donors (Lipinski definition) is 2. The molecule has 8 heteroatoms. The van der Waals surface area contributed by atoms with E-state index in [9.17, 15) is 9.59 Å². The Morgan fingerprint density at radius 1 is 0.893 bits per heavy atom. The highest BCUT2D eigenvalue weighted by Gasteiger charge is 2.31. The molecular formula is C20H22N2O4S2. The third-order valence-corrected chi connectivity index (χ3v) is 6.83. The standard InChI is InChI=1S/C20H22N2O4S2/c23-18-2-1-13-9-15-17(10-16(13)25-18)26-20(19(15)24)14-11-21-3-5-27-7-8-28-6-4-22-12-14/h1-2,9-10,21-22H,3-8,11-12H2. The van der Waals surface area contributed by atoms with E-state index in [0.717, 1.165) is 30.2 Å². The van der Waals surface area contributed by atoms with Gasteiger partial charge in [-0.05, 0) is 12.1 Å². The van der Waals surface area contributed by atoms with E-state index in [2.05, 4.69) is 10.6 Å². The Bertz CT molecular complexity index is 954. The fraction of sp³-hybridized carbons (Fsp3) is 0.400. The number of ketones is 1. The van der Waals surface area contributed by atoms with Gasteiger partial charge in [0.05, 0.1) is 5.56 Å². The van der Waals surface area contributed by atoms with Gasteiger partial charge >= 0.3 is 5.63 Å². The van der Waals surface area contributed by atoms with Crippen LogP contribution < -0.4 is 21.0 Å². The number of benzene rings is 1. The monoisotopic (exact) mass is 418 g/mol. The molecule has 6 nitrogen and oxygen atoms in total. The number of allylic oxidation sites excluding steroid dienone is 1. The lowest BCUT2D eigenvalue weighted by Gasteiger charge is -2.12. The molecule has 0 spiro atoms. The summed E-state index contributed by atoms with van der Waals surface area (Å²) in [6, 6.07) is 6.38. The molecule has 2 aromatic rings. The summed E-state index contributed by atoms with van der Waals surface area (Å²) in [7, 11) is 0. The SMILES string of the molecule is O=C1C(=C2CNCCSCCSCCNC2)Oc2cc3oc(=O)ccc3cc21. The van der Waals surface area contributed by atoms with Gasteiger partial charge in [0.15, 0.2) is 5.76 Å². The van der Waals surface area contributed by atoms with Gasteiger partial charge in [0, 0.05) is 72.3 Å². The summed E-state index contributed by atoms with van der Waals surface area (Å²) in [6.07, 6.45) is 0. The first kappa shape index (κ1) is 19.6. The predicted molar refractivity (Wildman–Crippen MR) is 115 cm³/mol. The molecule has 0 atom stereocenters. The van der Waals surface area contributed by atoms with E-state index in [1.807, 2.05) is 23.5 Å². The predicted octanol–water partition coefficient (Wildman–Crippen LogP) is 2.28. The van der Waals surface area contributed by atoms with Crippen LogP contribution in [0.25, 0.3) is 11.0 Å². The van der Waals surface area contributed by atoms with Crippen molar-refractivity contribution in [2.24, 2.45) is 0 Å². The number of thioether (sulfide) groups is 2. The molecule has 28 heavy (non-hydrogen) atoms. The molecule has 0 radical (unpaired) electrons. The highest BCUT2D eigenvalue weighted by molar-refractivity contribution is 8.02. The molecule has 148 valence electrons. The number of fused-ring (bicyclic) bond motifs is 2. The zero-order valence-electron chi connectivity index (χ0n) is 15.4. The quantitative estimate of drug-likeness (QED) is 0.498. The summed E-state index contributed by atoms with van der Waals surface area (Å²) < 4.78 is 11.1. The van der Waals surface area contributed by atoms with Gasteiger partial charge in [-0.15, -0.1) is 0 Å². The summed E-state index contributed by atoms with van der Waals surface area (Å²) in [6.45, 7) is 2.99. The molecule has 3 heterocycles. The number of carbonyl (C=O) groups is 1. The van der Waals surface area contributed by atoms with E-state index >= 15 is 0 Å². The van der Waals surface area contributed by atoms with E-state index in [1.54, 1.807) is 18.2 Å². The second-order valence-electron chi connectivity index (χ2n) is 6.58. The Kier molecular flexibility index (Phi) is 6.41. The zero-order chi connectivity index (χ0) is 19.3. The van der Waals surface area contributed by atoms with Crippen molar-refractivity contribution in [2.75, 3.05) is 49.2 Å². The molecule has 0 amide bonds. The van der Waals surface area contributed by atoms with Crippen LogP contribution in [0.3, 0.4) is 0 Å². The van der Waals surface area contributed by atoms with Gasteiger partial charge < -0.3 is 19.8 Å². The Hall–Kier alpha value is -1.74. The average Bonchev–Trinajstić information content (AvgIpc) is 3.01. The maximum absolute atomic E-state index is 13.0. The van der Waals surface area contributed by atoms with Crippen molar-refractivity contribution in [2.45, 2.75) is 0 Å². The second kappa shape index (κ2) is 9.17. The lowest BCUT2D eigenvalue weighted by molar-refractivity contribution is 0.101. The minimum atomic E-state index is -0.422. The van der Waals surface area contributed by atoms with Crippen LogP contribution in [0.15, 0.2) is 44.8 Å². The second-order valence-corrected chi connectivity index (χ2v) is 9.03. The van der Waals surface area contributed by atoms with Gasteiger partial charge in [-0.3, -0.25) is 4.79 Å². The highest BCUT2D eigenvalue weighted by atomic mass is 32.2. The van der Waals surface area contributed by atoms with Crippen LogP contribution in [0.4, 0.5) is 0 Å². The summed E-state index contributed by atoms with van der Waals surface area (Å²) in [5, 5.41) is 7.55. The molecule has 1 aromatic heterocycles. The highest BCUT2D eigenvalue weighted by Crippen LogP contribution is 2.35. The summed E-state index contributed by atoms with van der Waals surface area (Å²) in [4.78, 5) is 24.5. The number of carbonyl (C=O) groups excluding carboxylic acids is 1.